The minimum Gasteiger partial charge on any atom is -0.392 e. The Hall–Kier alpha value is -2.95. The first-order valence-electron chi connectivity index (χ1n) is 11.9. The summed E-state index contributed by atoms with van der Waals surface area (Å²) >= 11 is 3.37. The van der Waals surface area contributed by atoms with Gasteiger partial charge in [0, 0.05) is 29.5 Å². The summed E-state index contributed by atoms with van der Waals surface area (Å²) in [5, 5.41) is 19.9. The van der Waals surface area contributed by atoms with Crippen LogP contribution in [-0.2, 0) is 32.2 Å². The van der Waals surface area contributed by atoms with Crippen LogP contribution >= 0.6 is 15.9 Å². The van der Waals surface area contributed by atoms with Crippen molar-refractivity contribution >= 4 is 27.7 Å². The molecule has 0 spiro atoms. The van der Waals surface area contributed by atoms with Gasteiger partial charge in [0.2, 0.25) is 11.8 Å². The van der Waals surface area contributed by atoms with Crippen LogP contribution in [0, 0.1) is 5.92 Å². The Morgan fingerprint density at radius 3 is 2.35 bits per heavy atom. The Morgan fingerprint density at radius 1 is 1.08 bits per heavy atom. The molecule has 0 unspecified atom stereocenters. The van der Waals surface area contributed by atoms with Crippen LogP contribution < -0.4 is 10.6 Å². The Kier molecular flexibility index (Phi) is 13.1. The first-order chi connectivity index (χ1) is 17.7. The molecule has 3 N–H and O–H groups in total. The van der Waals surface area contributed by atoms with Crippen molar-refractivity contribution in [3.63, 3.8) is 0 Å². The van der Waals surface area contributed by atoms with Gasteiger partial charge >= 0.3 is 0 Å². The minimum atomic E-state index is -1.21. The number of hydrogen-bond acceptors (Lipinski definition) is 6. The lowest BCUT2D eigenvalue weighted by Gasteiger charge is -2.26. The number of hydrogen-bond donors (Lipinski definition) is 3. The second-order valence-electron chi connectivity index (χ2n) is 8.87. The lowest BCUT2D eigenvalue weighted by atomic mass is 10.0. The van der Waals surface area contributed by atoms with Crippen LogP contribution in [-0.4, -0.2) is 54.9 Å². The number of nitrogens with zero attached hydrogens (tertiary/aromatic N) is 3. The number of nitrogens with one attached hydrogen (secondary N) is 2. The number of ether oxygens (including phenoxy) is 2. The molecule has 200 valence electrons. The largest absolute Gasteiger partial charge is 0.392 e. The van der Waals surface area contributed by atoms with Crippen molar-refractivity contribution < 1.29 is 24.2 Å². The number of azide groups is 1. The lowest BCUT2D eigenvalue weighted by Crippen LogP contribution is -2.53. The summed E-state index contributed by atoms with van der Waals surface area (Å²) in [5.74, 6) is -1.06. The summed E-state index contributed by atoms with van der Waals surface area (Å²) in [5.41, 5.74) is 10.8. The van der Waals surface area contributed by atoms with Gasteiger partial charge in [0.25, 0.3) is 0 Å². The van der Waals surface area contributed by atoms with Crippen LogP contribution in [0.2, 0.25) is 0 Å². The summed E-state index contributed by atoms with van der Waals surface area (Å²) in [6.45, 7) is 4.20. The second kappa shape index (κ2) is 16.0. The number of amides is 2. The van der Waals surface area contributed by atoms with E-state index in [1.165, 1.54) is 7.11 Å². The Morgan fingerprint density at radius 2 is 1.76 bits per heavy atom. The maximum Gasteiger partial charge on any atom is 0.249 e. The molecule has 11 heteroatoms. The summed E-state index contributed by atoms with van der Waals surface area (Å²) in [6.07, 6.45) is -2.42. The third kappa shape index (κ3) is 10.5. The highest BCUT2D eigenvalue weighted by atomic mass is 79.9. The highest BCUT2D eigenvalue weighted by Crippen LogP contribution is 2.14. The fraction of sp³-hybridized carbons (Fsp3) is 0.462. The van der Waals surface area contributed by atoms with E-state index in [9.17, 15) is 14.7 Å². The van der Waals surface area contributed by atoms with E-state index in [2.05, 4.69) is 36.6 Å². The van der Waals surface area contributed by atoms with Gasteiger partial charge in [0.15, 0.2) is 0 Å². The van der Waals surface area contributed by atoms with Gasteiger partial charge in [-0.1, -0.05) is 77.4 Å². The molecule has 0 saturated carbocycles. The number of carbonyl (C=O) groups is 2. The van der Waals surface area contributed by atoms with Crippen molar-refractivity contribution in [2.75, 3.05) is 13.7 Å². The molecular weight excluding hydrogens is 542 g/mol. The van der Waals surface area contributed by atoms with Gasteiger partial charge in [-0.25, -0.2) is 0 Å². The van der Waals surface area contributed by atoms with E-state index < -0.39 is 30.2 Å². The maximum absolute atomic E-state index is 12.9. The predicted octanol–water partition coefficient (Wildman–Crippen LogP) is 3.87. The molecule has 0 aromatic heterocycles. The third-order valence-corrected chi connectivity index (χ3v) is 6.23. The average molecular weight is 576 g/mol. The number of aliphatic hydroxyl groups excluding tert-OH is 1. The molecule has 0 fully saturated rings. The molecule has 10 nitrogen and oxygen atoms in total. The fourth-order valence-corrected chi connectivity index (χ4v) is 3.79. The normalized spacial score (nSPS) is 14.2. The van der Waals surface area contributed by atoms with Gasteiger partial charge in [-0.2, -0.15) is 0 Å². The van der Waals surface area contributed by atoms with Crippen LogP contribution in [0.4, 0.5) is 0 Å². The molecule has 37 heavy (non-hydrogen) atoms. The molecule has 2 rings (SSSR count). The molecule has 0 radical (unpaired) electrons. The Bertz CT molecular complexity index is 1030. The molecule has 0 aliphatic rings. The smallest absolute Gasteiger partial charge is 0.249 e. The van der Waals surface area contributed by atoms with Crippen molar-refractivity contribution in [1.82, 2.24) is 10.6 Å². The fourth-order valence-electron chi connectivity index (χ4n) is 3.53. The first kappa shape index (κ1) is 30.3. The zero-order valence-electron chi connectivity index (χ0n) is 21.2. The van der Waals surface area contributed by atoms with Crippen LogP contribution in [0.1, 0.15) is 31.4 Å². The van der Waals surface area contributed by atoms with E-state index in [1.54, 1.807) is 0 Å². The van der Waals surface area contributed by atoms with Crippen molar-refractivity contribution in [3.05, 3.63) is 80.6 Å². The van der Waals surface area contributed by atoms with E-state index in [0.29, 0.717) is 6.54 Å². The number of halogens is 1. The average Bonchev–Trinajstić information content (AvgIpc) is 2.89. The standard InChI is InChI=1S/C26H34BrN5O5/c1-17(2)24(26(35)29-14-18-7-5-4-6-8-18)30-25(34)23(36-3)13-22(33)21(31-32-28)16-37-15-19-9-11-20(27)12-10-19/h4-12,17,21-24,33H,13-16H2,1-3H3,(H,29,35)(H,30,34)/t21-,22-,23+,24-/m0/s1. The topological polar surface area (TPSA) is 146 Å². The molecule has 4 atom stereocenters. The van der Waals surface area contributed by atoms with Crippen molar-refractivity contribution in [3.8, 4) is 0 Å². The number of methoxy groups -OCH3 is 1. The van der Waals surface area contributed by atoms with Crippen LogP contribution in [0.15, 0.2) is 64.2 Å². The summed E-state index contributed by atoms with van der Waals surface area (Å²) < 4.78 is 11.9. The molecular formula is C26H34BrN5O5. The predicted molar refractivity (Wildman–Crippen MR) is 143 cm³/mol. The summed E-state index contributed by atoms with van der Waals surface area (Å²) in [6, 6.07) is 15.3. The quantitative estimate of drug-likeness (QED) is 0.167. The molecule has 0 aliphatic heterocycles. The first-order valence-corrected chi connectivity index (χ1v) is 12.7. The van der Waals surface area contributed by atoms with Crippen LogP contribution in [0.25, 0.3) is 10.4 Å². The van der Waals surface area contributed by atoms with Gasteiger partial charge in [-0.15, -0.1) is 0 Å². The Balaban J connectivity index is 1.93. The number of carbonyl (C=O) groups excluding carboxylic acids is 2. The van der Waals surface area contributed by atoms with Crippen LogP contribution in [0.3, 0.4) is 0 Å². The SMILES string of the molecule is CO[C@H](C[C@H](O)[C@H](COCc1ccc(Br)cc1)N=[N+]=[N-])C(=O)N[C@H](C(=O)NCc1ccccc1)C(C)C. The maximum atomic E-state index is 12.9. The highest BCUT2D eigenvalue weighted by Gasteiger charge is 2.31. The zero-order chi connectivity index (χ0) is 27.2. The van der Waals surface area contributed by atoms with Gasteiger partial charge in [-0.3, -0.25) is 9.59 Å². The highest BCUT2D eigenvalue weighted by molar-refractivity contribution is 9.10. The third-order valence-electron chi connectivity index (χ3n) is 5.70. The zero-order valence-corrected chi connectivity index (χ0v) is 22.8. The number of rotatable bonds is 15. The van der Waals surface area contributed by atoms with Crippen LogP contribution in [0.5, 0.6) is 0 Å². The van der Waals surface area contributed by atoms with Gasteiger partial charge in [-0.05, 0) is 34.7 Å². The van der Waals surface area contributed by atoms with E-state index in [-0.39, 0.29) is 31.5 Å². The number of aliphatic hydroxyl groups is 1. The molecule has 0 aliphatic carbocycles. The molecule has 2 aromatic carbocycles. The second-order valence-corrected chi connectivity index (χ2v) is 9.79. The van der Waals surface area contributed by atoms with E-state index in [0.717, 1.165) is 15.6 Å². The van der Waals surface area contributed by atoms with Crippen molar-refractivity contribution in [2.45, 2.75) is 57.7 Å². The van der Waals surface area contributed by atoms with E-state index in [1.807, 2.05) is 68.4 Å². The molecule has 0 heterocycles. The number of benzene rings is 2. The summed E-state index contributed by atoms with van der Waals surface area (Å²) in [7, 11) is 1.34. The van der Waals surface area contributed by atoms with Crippen molar-refractivity contribution in [2.24, 2.45) is 11.0 Å². The monoisotopic (exact) mass is 575 g/mol. The van der Waals surface area contributed by atoms with Gasteiger partial charge < -0.3 is 25.2 Å². The molecule has 2 amide bonds. The molecule has 2 aromatic rings. The molecule has 0 saturated heterocycles. The van der Waals surface area contributed by atoms with E-state index in [4.69, 9.17) is 15.0 Å². The summed E-state index contributed by atoms with van der Waals surface area (Å²) in [4.78, 5) is 28.5. The minimum absolute atomic E-state index is 0.0458. The van der Waals surface area contributed by atoms with Crippen molar-refractivity contribution in [1.29, 1.82) is 0 Å². The Labute approximate surface area is 225 Å². The van der Waals surface area contributed by atoms with Gasteiger partial charge in [0.05, 0.1) is 25.4 Å². The van der Waals surface area contributed by atoms with Gasteiger partial charge in [0.1, 0.15) is 12.1 Å². The lowest BCUT2D eigenvalue weighted by molar-refractivity contribution is -0.137. The molecule has 0 bridgehead atoms. The van der Waals surface area contributed by atoms with E-state index >= 15 is 0 Å².